The highest BCUT2D eigenvalue weighted by Gasteiger charge is 2.14. The number of nitrogens with one attached hydrogen (secondary N) is 2. The van der Waals surface area contributed by atoms with Crippen molar-refractivity contribution in [2.24, 2.45) is 0 Å². The zero-order valence-electron chi connectivity index (χ0n) is 9.72. The number of amides is 1. The summed E-state index contributed by atoms with van der Waals surface area (Å²) in [7, 11) is 0. The Bertz CT molecular complexity index is 627. The van der Waals surface area contributed by atoms with Gasteiger partial charge in [-0.3, -0.25) is 14.4 Å². The number of carbonyl (C=O) groups excluding carboxylic acids is 1. The number of aliphatic hydroxyl groups is 1. The van der Waals surface area contributed by atoms with Gasteiger partial charge in [-0.1, -0.05) is 0 Å². The largest absolute Gasteiger partial charge is 0.396 e. The number of nitrogen functional groups attached to an aromatic ring is 1. The second-order valence-corrected chi connectivity index (χ2v) is 4.68. The Kier molecular flexibility index (Phi) is 3.88. The summed E-state index contributed by atoms with van der Waals surface area (Å²) in [5.41, 5.74) is 8.70. The lowest BCUT2D eigenvalue weighted by Crippen LogP contribution is -2.27. The van der Waals surface area contributed by atoms with Gasteiger partial charge < -0.3 is 16.2 Å². The van der Waals surface area contributed by atoms with E-state index in [1.54, 1.807) is 16.7 Å². The second-order valence-electron chi connectivity index (χ2n) is 3.76. The van der Waals surface area contributed by atoms with Crippen molar-refractivity contribution in [1.82, 2.24) is 14.9 Å². The number of pyridine rings is 1. The van der Waals surface area contributed by atoms with Crippen molar-refractivity contribution in [2.45, 2.75) is 6.61 Å². The summed E-state index contributed by atoms with van der Waals surface area (Å²) in [6, 6.07) is 1.69. The smallest absolute Gasteiger partial charge is 0.262 e. The number of nitrogens with two attached hydrogens (primary N) is 1. The predicted molar refractivity (Wildman–Crippen MR) is 71.6 cm³/mol. The molecule has 2 rings (SSSR count). The van der Waals surface area contributed by atoms with E-state index in [1.165, 1.54) is 5.48 Å². The summed E-state index contributed by atoms with van der Waals surface area (Å²) in [6.45, 7) is -0.450. The van der Waals surface area contributed by atoms with Gasteiger partial charge in [-0.05, 0) is 22.0 Å². The molecule has 0 spiro atoms. The molecular weight excluding hydrogens is 318 g/mol. The number of fused-ring (bicyclic) bond motifs is 1. The first-order chi connectivity index (χ1) is 9.06. The number of rotatable bonds is 4. The SMILES string of the molecule is Nc1cc(Br)cn2c(CO)c(NCC(=O)NO)nc12. The van der Waals surface area contributed by atoms with Crippen LogP contribution in [0.3, 0.4) is 0 Å². The van der Waals surface area contributed by atoms with Gasteiger partial charge in [0.25, 0.3) is 5.91 Å². The molecule has 19 heavy (non-hydrogen) atoms. The Balaban J connectivity index is 2.44. The normalized spacial score (nSPS) is 10.7. The molecule has 6 N–H and O–H groups in total. The number of anilines is 2. The minimum Gasteiger partial charge on any atom is -0.396 e. The first-order valence-corrected chi connectivity index (χ1v) is 6.09. The van der Waals surface area contributed by atoms with Crippen molar-refractivity contribution in [1.29, 1.82) is 0 Å². The van der Waals surface area contributed by atoms with Gasteiger partial charge in [0.1, 0.15) is 0 Å². The molecule has 0 aliphatic heterocycles. The average Bonchev–Trinajstić information content (AvgIpc) is 2.73. The van der Waals surface area contributed by atoms with Crippen LogP contribution in [0.5, 0.6) is 0 Å². The lowest BCUT2D eigenvalue weighted by molar-refractivity contribution is -0.127. The topological polar surface area (TPSA) is 125 Å². The lowest BCUT2D eigenvalue weighted by atomic mass is 10.4. The Hall–Kier alpha value is -1.84. The Morgan fingerprint density at radius 1 is 1.58 bits per heavy atom. The number of aromatic nitrogens is 2. The molecule has 0 radical (unpaired) electrons. The third-order valence-corrected chi connectivity index (χ3v) is 2.94. The van der Waals surface area contributed by atoms with Gasteiger partial charge >= 0.3 is 0 Å². The first-order valence-electron chi connectivity index (χ1n) is 5.30. The van der Waals surface area contributed by atoms with Gasteiger partial charge in [-0.25, -0.2) is 10.5 Å². The number of hydroxylamine groups is 1. The van der Waals surface area contributed by atoms with Crippen LogP contribution in [0.2, 0.25) is 0 Å². The summed E-state index contributed by atoms with van der Waals surface area (Å²) in [5, 5.41) is 20.5. The molecule has 0 bridgehead atoms. The third-order valence-electron chi connectivity index (χ3n) is 2.50. The van der Waals surface area contributed by atoms with E-state index in [-0.39, 0.29) is 13.2 Å². The summed E-state index contributed by atoms with van der Waals surface area (Å²) >= 11 is 3.30. The van der Waals surface area contributed by atoms with E-state index in [2.05, 4.69) is 26.2 Å². The standard InChI is InChI=1S/C10H12BrN5O3/c11-5-1-6(12)10-14-9(13-2-8(18)15-19)7(4-17)16(10)3-5/h1,3,13,17,19H,2,4,12H2,(H,15,18). The molecule has 0 aliphatic rings. The molecular formula is C10H12BrN5O3. The van der Waals surface area contributed by atoms with Crippen LogP contribution >= 0.6 is 15.9 Å². The molecule has 0 fully saturated rings. The zero-order chi connectivity index (χ0) is 14.0. The van der Waals surface area contributed by atoms with Crippen LogP contribution in [0.4, 0.5) is 11.5 Å². The number of nitrogens with zero attached hydrogens (tertiary/aromatic N) is 2. The molecule has 9 heteroatoms. The van der Waals surface area contributed by atoms with Crippen molar-refractivity contribution in [3.05, 3.63) is 22.4 Å². The van der Waals surface area contributed by atoms with Gasteiger partial charge in [0.2, 0.25) is 0 Å². The summed E-state index contributed by atoms with van der Waals surface area (Å²) in [5.74, 6) is -0.286. The van der Waals surface area contributed by atoms with E-state index in [4.69, 9.17) is 10.9 Å². The van der Waals surface area contributed by atoms with Crippen molar-refractivity contribution >= 4 is 39.0 Å². The van der Waals surface area contributed by atoms with Gasteiger partial charge in [0, 0.05) is 10.7 Å². The number of hydrogen-bond acceptors (Lipinski definition) is 6. The minimum atomic E-state index is -0.616. The lowest BCUT2D eigenvalue weighted by Gasteiger charge is -2.04. The fourth-order valence-corrected chi connectivity index (χ4v) is 2.13. The summed E-state index contributed by atoms with van der Waals surface area (Å²) < 4.78 is 2.36. The van der Waals surface area contributed by atoms with Crippen LogP contribution in [0.25, 0.3) is 5.65 Å². The molecule has 0 aromatic carbocycles. The zero-order valence-corrected chi connectivity index (χ0v) is 11.3. The fourth-order valence-electron chi connectivity index (χ4n) is 1.68. The molecule has 0 unspecified atom stereocenters. The van der Waals surface area contributed by atoms with Crippen molar-refractivity contribution in [3.8, 4) is 0 Å². The van der Waals surface area contributed by atoms with Gasteiger partial charge in [0.05, 0.1) is 24.5 Å². The molecule has 2 heterocycles. The predicted octanol–water partition coefficient (Wildman–Crippen LogP) is 0.0886. The van der Waals surface area contributed by atoms with E-state index < -0.39 is 5.91 Å². The van der Waals surface area contributed by atoms with Crippen LogP contribution in [0.1, 0.15) is 5.69 Å². The molecule has 102 valence electrons. The molecule has 0 saturated carbocycles. The molecule has 2 aromatic rings. The molecule has 1 amide bonds. The molecule has 0 saturated heterocycles. The Morgan fingerprint density at radius 3 is 2.95 bits per heavy atom. The Morgan fingerprint density at radius 2 is 2.32 bits per heavy atom. The maximum Gasteiger partial charge on any atom is 0.262 e. The van der Waals surface area contributed by atoms with E-state index >= 15 is 0 Å². The average molecular weight is 330 g/mol. The van der Waals surface area contributed by atoms with Crippen LogP contribution in [0.15, 0.2) is 16.7 Å². The van der Waals surface area contributed by atoms with E-state index in [0.29, 0.717) is 22.8 Å². The first kappa shape index (κ1) is 13.6. The van der Waals surface area contributed by atoms with Gasteiger partial charge in [0.15, 0.2) is 11.5 Å². The third kappa shape index (κ3) is 2.62. The maximum atomic E-state index is 11.0. The number of imidazole rings is 1. The summed E-state index contributed by atoms with van der Waals surface area (Å²) in [4.78, 5) is 15.2. The number of halogens is 1. The monoisotopic (exact) mass is 329 g/mol. The van der Waals surface area contributed by atoms with Crippen molar-refractivity contribution in [3.63, 3.8) is 0 Å². The van der Waals surface area contributed by atoms with E-state index in [9.17, 15) is 9.90 Å². The molecule has 0 atom stereocenters. The van der Waals surface area contributed by atoms with Crippen molar-refractivity contribution in [2.75, 3.05) is 17.6 Å². The molecule has 0 aliphatic carbocycles. The van der Waals surface area contributed by atoms with E-state index in [0.717, 1.165) is 4.47 Å². The highest BCUT2D eigenvalue weighted by Crippen LogP contribution is 2.25. The quantitative estimate of drug-likeness (QED) is 0.400. The van der Waals surface area contributed by atoms with Crippen LogP contribution < -0.4 is 16.5 Å². The number of hydrogen-bond donors (Lipinski definition) is 5. The fraction of sp³-hybridized carbons (Fsp3) is 0.200. The maximum absolute atomic E-state index is 11.0. The van der Waals surface area contributed by atoms with Gasteiger partial charge in [-0.2, -0.15) is 0 Å². The van der Waals surface area contributed by atoms with E-state index in [1.807, 2.05) is 0 Å². The van der Waals surface area contributed by atoms with Crippen LogP contribution in [0, 0.1) is 0 Å². The highest BCUT2D eigenvalue weighted by molar-refractivity contribution is 9.10. The molecule has 2 aromatic heterocycles. The number of carbonyl (C=O) groups is 1. The Labute approximate surface area is 116 Å². The molecule has 8 nitrogen and oxygen atoms in total. The minimum absolute atomic E-state index is 0.172. The summed E-state index contributed by atoms with van der Waals surface area (Å²) in [6.07, 6.45) is 1.71. The van der Waals surface area contributed by atoms with Gasteiger partial charge in [-0.15, -0.1) is 0 Å². The van der Waals surface area contributed by atoms with Crippen molar-refractivity contribution < 1.29 is 15.1 Å². The van der Waals surface area contributed by atoms with Crippen LogP contribution in [-0.4, -0.2) is 32.2 Å². The second kappa shape index (κ2) is 5.43. The van der Waals surface area contributed by atoms with Crippen LogP contribution in [-0.2, 0) is 11.4 Å². The number of aliphatic hydroxyl groups excluding tert-OH is 1. The highest BCUT2D eigenvalue weighted by atomic mass is 79.9.